The maximum absolute atomic E-state index is 12.8. The molecule has 0 spiro atoms. The van der Waals surface area contributed by atoms with Gasteiger partial charge in [-0.25, -0.2) is 0 Å². The molecule has 0 aliphatic carbocycles. The predicted molar refractivity (Wildman–Crippen MR) is 153 cm³/mol. The number of hydrogen-bond donors (Lipinski definition) is 0. The number of hydrogen-bond acceptors (Lipinski definition) is 6. The Balaban J connectivity index is 1.01. The number of amides is 1. The Morgan fingerprint density at radius 3 is 2.66 bits per heavy atom. The Morgan fingerprint density at radius 1 is 0.947 bits per heavy atom. The van der Waals surface area contributed by atoms with Gasteiger partial charge in [0, 0.05) is 61.7 Å². The molecule has 8 heteroatoms. The van der Waals surface area contributed by atoms with Gasteiger partial charge in [-0.1, -0.05) is 23.9 Å². The normalized spacial score (nSPS) is 16.1. The monoisotopic (exact) mass is 526 g/mol. The van der Waals surface area contributed by atoms with Crippen molar-refractivity contribution < 1.29 is 4.79 Å². The Kier molecular flexibility index (Phi) is 7.42. The van der Waals surface area contributed by atoms with Crippen LogP contribution in [0.25, 0.3) is 22.3 Å². The largest absolute Gasteiger partial charge is 0.339 e. The first kappa shape index (κ1) is 25.1. The second-order valence-corrected chi connectivity index (χ2v) is 11.4. The fourth-order valence-corrected chi connectivity index (χ4v) is 6.42. The van der Waals surface area contributed by atoms with E-state index in [4.69, 9.17) is 0 Å². The van der Waals surface area contributed by atoms with Crippen LogP contribution in [0.15, 0.2) is 59.9 Å². The van der Waals surface area contributed by atoms with Crippen molar-refractivity contribution in [1.82, 2.24) is 29.5 Å². The number of rotatable bonds is 7. The summed E-state index contributed by atoms with van der Waals surface area (Å²) in [4.78, 5) is 21.8. The van der Waals surface area contributed by atoms with Crippen LogP contribution in [0.1, 0.15) is 40.7 Å². The molecule has 2 aliphatic rings. The maximum atomic E-state index is 12.8. The first-order valence-electron chi connectivity index (χ1n) is 13.7. The lowest BCUT2D eigenvalue weighted by molar-refractivity contribution is 0.0792. The number of likely N-dealkylation sites (tertiary alicyclic amines) is 1. The van der Waals surface area contributed by atoms with Gasteiger partial charge in [0.25, 0.3) is 5.91 Å². The van der Waals surface area contributed by atoms with Gasteiger partial charge in [0.05, 0.1) is 5.52 Å². The first-order valence-corrected chi connectivity index (χ1v) is 14.6. The van der Waals surface area contributed by atoms with E-state index in [1.807, 2.05) is 36.3 Å². The van der Waals surface area contributed by atoms with E-state index in [0.29, 0.717) is 0 Å². The zero-order chi connectivity index (χ0) is 25.9. The zero-order valence-electron chi connectivity index (χ0n) is 22.0. The van der Waals surface area contributed by atoms with E-state index < -0.39 is 0 Å². The zero-order valence-corrected chi connectivity index (χ0v) is 22.8. The number of carbonyl (C=O) groups excluding carboxylic acids is 1. The van der Waals surface area contributed by atoms with Crippen molar-refractivity contribution in [1.29, 1.82) is 0 Å². The molecule has 1 fully saturated rings. The second kappa shape index (κ2) is 11.3. The van der Waals surface area contributed by atoms with Gasteiger partial charge in [-0.15, -0.1) is 10.2 Å². The van der Waals surface area contributed by atoms with Gasteiger partial charge in [0.2, 0.25) is 0 Å². The molecule has 2 aliphatic heterocycles. The van der Waals surface area contributed by atoms with Crippen LogP contribution < -0.4 is 0 Å². The number of pyridine rings is 1. The summed E-state index contributed by atoms with van der Waals surface area (Å²) >= 11 is 1.77. The molecule has 6 rings (SSSR count). The van der Waals surface area contributed by atoms with Gasteiger partial charge in [-0.3, -0.25) is 9.78 Å². The Labute approximate surface area is 228 Å². The topological polar surface area (TPSA) is 67.2 Å². The van der Waals surface area contributed by atoms with Crippen LogP contribution in [-0.2, 0) is 19.9 Å². The summed E-state index contributed by atoms with van der Waals surface area (Å²) in [5.41, 5.74) is 5.65. The molecule has 38 heavy (non-hydrogen) atoms. The van der Waals surface area contributed by atoms with Crippen molar-refractivity contribution in [2.45, 2.75) is 37.3 Å². The molecule has 0 bridgehead atoms. The van der Waals surface area contributed by atoms with Gasteiger partial charge in [-0.05, 0) is 86.2 Å². The molecule has 0 radical (unpaired) electrons. The highest BCUT2D eigenvalue weighted by molar-refractivity contribution is 7.99. The third-order valence-electron chi connectivity index (χ3n) is 7.79. The van der Waals surface area contributed by atoms with E-state index in [0.717, 1.165) is 104 Å². The molecule has 2 aromatic carbocycles. The number of nitrogens with zero attached hydrogens (tertiary/aromatic N) is 6. The standard InChI is InChI=1S/C30H34N6OS/c1-34-28(25-9-10-27-24(21-25)6-4-13-31-27)32-33-30(34)38-19-5-14-35-17-11-22-7-8-26(20-23(22)12-18-35)29(37)36-15-2-3-16-36/h4,6-10,13,20-21H,2-3,5,11-12,14-19H2,1H3. The fraction of sp³-hybridized carbons (Fsp3) is 0.400. The molecule has 1 saturated heterocycles. The van der Waals surface area contributed by atoms with E-state index in [9.17, 15) is 4.79 Å². The summed E-state index contributed by atoms with van der Waals surface area (Å²) in [6.07, 6.45) is 7.24. The molecule has 0 saturated carbocycles. The van der Waals surface area contributed by atoms with Crippen LogP contribution in [0.2, 0.25) is 0 Å². The molecule has 0 N–H and O–H groups in total. The number of thioether (sulfide) groups is 1. The van der Waals surface area contributed by atoms with Crippen molar-refractivity contribution in [2.24, 2.45) is 7.05 Å². The van der Waals surface area contributed by atoms with Gasteiger partial charge >= 0.3 is 0 Å². The highest BCUT2D eigenvalue weighted by atomic mass is 32.2. The van der Waals surface area contributed by atoms with E-state index in [-0.39, 0.29) is 5.91 Å². The number of benzene rings is 2. The van der Waals surface area contributed by atoms with Crippen molar-refractivity contribution >= 4 is 28.6 Å². The van der Waals surface area contributed by atoms with Crippen LogP contribution in [-0.4, -0.2) is 73.9 Å². The SMILES string of the molecule is Cn1c(SCCCN2CCc3ccc(C(=O)N4CCCC4)cc3CC2)nnc1-c1ccc2ncccc2c1. The van der Waals surface area contributed by atoms with Crippen LogP contribution >= 0.6 is 11.8 Å². The van der Waals surface area contributed by atoms with Crippen LogP contribution in [0.3, 0.4) is 0 Å². The number of fused-ring (bicyclic) bond motifs is 2. The minimum absolute atomic E-state index is 0.202. The fourth-order valence-electron chi connectivity index (χ4n) is 5.59. The smallest absolute Gasteiger partial charge is 0.253 e. The maximum Gasteiger partial charge on any atom is 0.253 e. The Bertz CT molecular complexity index is 1440. The predicted octanol–water partition coefficient (Wildman–Crippen LogP) is 4.85. The van der Waals surface area contributed by atoms with Crippen molar-refractivity contribution in [2.75, 3.05) is 38.5 Å². The quantitative estimate of drug-likeness (QED) is 0.253. The van der Waals surface area contributed by atoms with E-state index in [2.05, 4.69) is 55.0 Å². The van der Waals surface area contributed by atoms with Crippen molar-refractivity contribution in [3.05, 3.63) is 71.4 Å². The van der Waals surface area contributed by atoms with Gasteiger partial charge in [0.1, 0.15) is 0 Å². The summed E-state index contributed by atoms with van der Waals surface area (Å²) in [5.74, 6) is 2.09. The molecular weight excluding hydrogens is 492 g/mol. The molecule has 0 unspecified atom stereocenters. The van der Waals surface area contributed by atoms with Crippen molar-refractivity contribution in [3.63, 3.8) is 0 Å². The summed E-state index contributed by atoms with van der Waals surface area (Å²) in [5, 5.41) is 11.0. The molecule has 4 heterocycles. The molecular formula is C30H34N6OS. The molecule has 1 amide bonds. The van der Waals surface area contributed by atoms with Gasteiger partial charge in [-0.2, -0.15) is 0 Å². The van der Waals surface area contributed by atoms with E-state index >= 15 is 0 Å². The third kappa shape index (κ3) is 5.33. The molecule has 196 valence electrons. The molecule has 7 nitrogen and oxygen atoms in total. The first-order chi connectivity index (χ1) is 18.7. The Morgan fingerprint density at radius 2 is 1.79 bits per heavy atom. The highest BCUT2D eigenvalue weighted by Gasteiger charge is 2.21. The van der Waals surface area contributed by atoms with E-state index in [1.54, 1.807) is 11.8 Å². The second-order valence-electron chi connectivity index (χ2n) is 10.3. The number of carbonyl (C=O) groups is 1. The molecule has 2 aromatic heterocycles. The number of aromatic nitrogens is 4. The Hall–Kier alpha value is -3.23. The van der Waals surface area contributed by atoms with Crippen molar-refractivity contribution in [3.8, 4) is 11.4 Å². The summed E-state index contributed by atoms with van der Waals surface area (Å²) in [6, 6.07) is 16.7. The third-order valence-corrected chi connectivity index (χ3v) is 8.89. The average molecular weight is 527 g/mol. The van der Waals surface area contributed by atoms with E-state index in [1.165, 1.54) is 11.1 Å². The van der Waals surface area contributed by atoms with Gasteiger partial charge < -0.3 is 14.4 Å². The summed E-state index contributed by atoms with van der Waals surface area (Å²) < 4.78 is 2.09. The van der Waals surface area contributed by atoms with Crippen LogP contribution in [0, 0.1) is 0 Å². The summed E-state index contributed by atoms with van der Waals surface area (Å²) in [7, 11) is 2.04. The minimum atomic E-state index is 0.202. The summed E-state index contributed by atoms with van der Waals surface area (Å²) in [6.45, 7) is 4.99. The molecule has 0 atom stereocenters. The lowest BCUT2D eigenvalue weighted by Crippen LogP contribution is -2.28. The lowest BCUT2D eigenvalue weighted by atomic mass is 9.99. The van der Waals surface area contributed by atoms with Crippen LogP contribution in [0.5, 0.6) is 0 Å². The average Bonchev–Trinajstić information content (AvgIpc) is 3.57. The van der Waals surface area contributed by atoms with Gasteiger partial charge in [0.15, 0.2) is 11.0 Å². The highest BCUT2D eigenvalue weighted by Crippen LogP contribution is 2.26. The minimum Gasteiger partial charge on any atom is -0.339 e. The lowest BCUT2D eigenvalue weighted by Gasteiger charge is -2.19. The van der Waals surface area contributed by atoms with Crippen LogP contribution in [0.4, 0.5) is 0 Å². The molecule has 4 aromatic rings.